The van der Waals surface area contributed by atoms with Crippen LogP contribution in [-0.2, 0) is 6.42 Å². The smallest absolute Gasteiger partial charge is 0.179 e. The number of hydrogen-bond donors (Lipinski definition) is 1. The van der Waals surface area contributed by atoms with Crippen LogP contribution in [0.25, 0.3) is 10.9 Å². The Labute approximate surface area is 92.5 Å². The van der Waals surface area contributed by atoms with Crippen LogP contribution in [0.3, 0.4) is 0 Å². The highest BCUT2D eigenvalue weighted by atomic mass is 19.1. The molecule has 0 atom stereocenters. The summed E-state index contributed by atoms with van der Waals surface area (Å²) in [5.41, 5.74) is 2.98. The highest BCUT2D eigenvalue weighted by molar-refractivity contribution is 6.03. The van der Waals surface area contributed by atoms with Crippen LogP contribution in [0.1, 0.15) is 34.5 Å². The Morgan fingerprint density at radius 1 is 1.31 bits per heavy atom. The maximum Gasteiger partial charge on any atom is 0.179 e. The molecule has 2 nitrogen and oxygen atoms in total. The topological polar surface area (TPSA) is 32.9 Å². The molecule has 82 valence electrons. The number of nitrogens with one attached hydrogen (secondary N) is 1. The highest BCUT2D eigenvalue weighted by Gasteiger charge is 2.23. The lowest BCUT2D eigenvalue weighted by Crippen LogP contribution is -2.09. The SMILES string of the molecule is Cc1cc(F)c2[nH]c3c(c2c1)CCCC3=O. The van der Waals surface area contributed by atoms with Gasteiger partial charge in [-0.3, -0.25) is 4.79 Å². The molecule has 0 saturated heterocycles. The van der Waals surface area contributed by atoms with Gasteiger partial charge in [0.2, 0.25) is 0 Å². The monoisotopic (exact) mass is 217 g/mol. The van der Waals surface area contributed by atoms with E-state index in [1.54, 1.807) is 0 Å². The molecule has 1 aromatic heterocycles. The van der Waals surface area contributed by atoms with Gasteiger partial charge in [0, 0.05) is 11.8 Å². The number of H-pyrrole nitrogens is 1. The maximum absolute atomic E-state index is 13.7. The first-order valence-corrected chi connectivity index (χ1v) is 5.50. The average Bonchev–Trinajstić information content (AvgIpc) is 2.59. The summed E-state index contributed by atoms with van der Waals surface area (Å²) in [6.45, 7) is 1.87. The Morgan fingerprint density at radius 2 is 2.12 bits per heavy atom. The second-order valence-corrected chi connectivity index (χ2v) is 4.42. The Kier molecular flexibility index (Phi) is 1.90. The second kappa shape index (κ2) is 3.17. The molecule has 0 fully saturated rings. The lowest BCUT2D eigenvalue weighted by atomic mass is 9.94. The summed E-state index contributed by atoms with van der Waals surface area (Å²) in [6, 6.07) is 3.45. The Morgan fingerprint density at radius 3 is 2.94 bits per heavy atom. The molecule has 0 bridgehead atoms. The third-order valence-electron chi connectivity index (χ3n) is 3.22. The number of hydrogen-bond acceptors (Lipinski definition) is 1. The van der Waals surface area contributed by atoms with Crippen molar-refractivity contribution in [3.05, 3.63) is 34.8 Å². The standard InChI is InChI=1S/C13H12FNO/c1-7-5-9-8-3-2-4-11(16)13(8)15-12(9)10(14)6-7/h5-6,15H,2-4H2,1H3. The number of benzene rings is 1. The van der Waals surface area contributed by atoms with Crippen LogP contribution >= 0.6 is 0 Å². The average molecular weight is 217 g/mol. The molecular formula is C13H12FNO. The van der Waals surface area contributed by atoms with Crippen LogP contribution < -0.4 is 0 Å². The summed E-state index contributed by atoms with van der Waals surface area (Å²) in [6.07, 6.45) is 2.30. The molecule has 1 heterocycles. The number of carbonyl (C=O) groups excluding carboxylic acids is 1. The predicted molar refractivity (Wildman–Crippen MR) is 60.3 cm³/mol. The van der Waals surface area contributed by atoms with Crippen LogP contribution in [0.15, 0.2) is 12.1 Å². The van der Waals surface area contributed by atoms with Gasteiger partial charge in [0.1, 0.15) is 5.82 Å². The van der Waals surface area contributed by atoms with Gasteiger partial charge in [-0.05, 0) is 43.0 Å². The fourth-order valence-electron chi connectivity index (χ4n) is 2.49. The molecule has 2 aromatic rings. The van der Waals surface area contributed by atoms with E-state index in [1.807, 2.05) is 13.0 Å². The third kappa shape index (κ3) is 1.21. The molecule has 0 radical (unpaired) electrons. The first-order valence-electron chi connectivity index (χ1n) is 5.50. The number of halogens is 1. The fourth-order valence-corrected chi connectivity index (χ4v) is 2.49. The summed E-state index contributed by atoms with van der Waals surface area (Å²) in [5, 5.41) is 0.876. The largest absolute Gasteiger partial charge is 0.349 e. The second-order valence-electron chi connectivity index (χ2n) is 4.42. The van der Waals surface area contributed by atoms with E-state index in [9.17, 15) is 9.18 Å². The third-order valence-corrected chi connectivity index (χ3v) is 3.22. The van der Waals surface area contributed by atoms with E-state index in [4.69, 9.17) is 0 Å². The van der Waals surface area contributed by atoms with E-state index < -0.39 is 0 Å². The van der Waals surface area contributed by atoms with Crippen molar-refractivity contribution >= 4 is 16.7 Å². The minimum atomic E-state index is -0.266. The quantitative estimate of drug-likeness (QED) is 0.722. The normalized spacial score (nSPS) is 15.5. The van der Waals surface area contributed by atoms with Gasteiger partial charge in [0.15, 0.2) is 5.78 Å². The lowest BCUT2D eigenvalue weighted by Gasteiger charge is -2.09. The van der Waals surface area contributed by atoms with Gasteiger partial charge in [-0.15, -0.1) is 0 Å². The number of rotatable bonds is 0. The Hall–Kier alpha value is -1.64. The van der Waals surface area contributed by atoms with Crippen molar-refractivity contribution in [2.75, 3.05) is 0 Å². The number of carbonyl (C=O) groups is 1. The van der Waals surface area contributed by atoms with Gasteiger partial charge in [0.25, 0.3) is 0 Å². The van der Waals surface area contributed by atoms with Gasteiger partial charge in [-0.2, -0.15) is 0 Å². The summed E-state index contributed by atoms with van der Waals surface area (Å²) < 4.78 is 13.7. The molecule has 0 saturated carbocycles. The van der Waals surface area contributed by atoms with Crippen molar-refractivity contribution in [1.82, 2.24) is 4.98 Å². The predicted octanol–water partition coefficient (Wildman–Crippen LogP) is 3.13. The number of aromatic amines is 1. The molecule has 0 spiro atoms. The van der Waals surface area contributed by atoms with Crippen molar-refractivity contribution in [3.63, 3.8) is 0 Å². The number of aromatic nitrogens is 1. The molecule has 0 unspecified atom stereocenters. The number of fused-ring (bicyclic) bond motifs is 3. The molecule has 1 aliphatic carbocycles. The van der Waals surface area contributed by atoms with Crippen molar-refractivity contribution in [1.29, 1.82) is 0 Å². The first-order chi connectivity index (χ1) is 7.66. The van der Waals surface area contributed by atoms with E-state index in [-0.39, 0.29) is 11.6 Å². The van der Waals surface area contributed by atoms with Gasteiger partial charge in [-0.1, -0.05) is 0 Å². The van der Waals surface area contributed by atoms with Gasteiger partial charge >= 0.3 is 0 Å². The minimum absolute atomic E-state index is 0.106. The van der Waals surface area contributed by atoms with E-state index in [1.165, 1.54) is 6.07 Å². The van der Waals surface area contributed by atoms with Crippen LogP contribution in [0.2, 0.25) is 0 Å². The summed E-state index contributed by atoms with van der Waals surface area (Å²) in [7, 11) is 0. The number of aryl methyl sites for hydroxylation is 2. The molecule has 16 heavy (non-hydrogen) atoms. The molecule has 1 aromatic carbocycles. The molecule has 0 aliphatic heterocycles. The van der Waals surface area contributed by atoms with Crippen LogP contribution in [-0.4, -0.2) is 10.8 Å². The highest BCUT2D eigenvalue weighted by Crippen LogP contribution is 2.31. The van der Waals surface area contributed by atoms with Crippen LogP contribution in [0, 0.1) is 12.7 Å². The van der Waals surface area contributed by atoms with Crippen molar-refractivity contribution in [3.8, 4) is 0 Å². The molecular weight excluding hydrogens is 205 g/mol. The van der Waals surface area contributed by atoms with Crippen molar-refractivity contribution < 1.29 is 9.18 Å². The van der Waals surface area contributed by atoms with E-state index in [0.29, 0.717) is 17.6 Å². The van der Waals surface area contributed by atoms with E-state index in [2.05, 4.69) is 4.98 Å². The number of Topliss-reactive ketones (excluding diaryl/α,β-unsaturated/α-hetero) is 1. The minimum Gasteiger partial charge on any atom is -0.349 e. The van der Waals surface area contributed by atoms with Gasteiger partial charge < -0.3 is 4.98 Å². The summed E-state index contributed by atoms with van der Waals surface area (Å²) >= 11 is 0. The summed E-state index contributed by atoms with van der Waals surface area (Å²) in [5.74, 6) is -0.160. The molecule has 1 aliphatic rings. The summed E-state index contributed by atoms with van der Waals surface area (Å²) in [4.78, 5) is 14.6. The van der Waals surface area contributed by atoms with E-state index in [0.717, 1.165) is 29.4 Å². The van der Waals surface area contributed by atoms with E-state index >= 15 is 0 Å². The van der Waals surface area contributed by atoms with Crippen LogP contribution in [0.4, 0.5) is 4.39 Å². The Bertz CT molecular complexity index is 597. The Balaban J connectivity index is 2.40. The van der Waals surface area contributed by atoms with Gasteiger partial charge in [-0.25, -0.2) is 4.39 Å². The lowest BCUT2D eigenvalue weighted by molar-refractivity contribution is 0.0968. The maximum atomic E-state index is 13.7. The fraction of sp³-hybridized carbons (Fsp3) is 0.308. The molecule has 3 heteroatoms. The zero-order valence-corrected chi connectivity index (χ0v) is 9.06. The zero-order chi connectivity index (χ0) is 11.3. The molecule has 0 amide bonds. The van der Waals surface area contributed by atoms with Crippen molar-refractivity contribution in [2.24, 2.45) is 0 Å². The van der Waals surface area contributed by atoms with Crippen LogP contribution in [0.5, 0.6) is 0 Å². The molecule has 1 N–H and O–H groups in total. The first kappa shape index (κ1) is 9.58. The number of ketones is 1. The molecule has 3 rings (SSSR count). The zero-order valence-electron chi connectivity index (χ0n) is 9.06. The van der Waals surface area contributed by atoms with Gasteiger partial charge in [0.05, 0.1) is 11.2 Å². The van der Waals surface area contributed by atoms with Crippen molar-refractivity contribution in [2.45, 2.75) is 26.2 Å².